The van der Waals surface area contributed by atoms with Crippen LogP contribution in [0.1, 0.15) is 84.1 Å². The first-order valence-electron chi connectivity index (χ1n) is 15.5. The highest BCUT2D eigenvalue weighted by atomic mass is 16.2. The lowest BCUT2D eigenvalue weighted by Crippen LogP contribution is -2.62. The SMILES string of the molecule is CCC(=O)CCCCC[C@@H]1NC(=O)[C@H]2CCCN2C(=O)[C@H]([C@@H](C)CC)NC(=O)[C@H](Cc2c[nH]c3ccccc23)NC1=O. The molecule has 2 aliphatic heterocycles. The number of rotatable bonds is 11. The zero-order valence-electron chi connectivity index (χ0n) is 25.0. The van der Waals surface area contributed by atoms with Gasteiger partial charge in [-0.25, -0.2) is 0 Å². The van der Waals surface area contributed by atoms with Gasteiger partial charge in [-0.1, -0.05) is 58.2 Å². The van der Waals surface area contributed by atoms with Crippen molar-refractivity contribution in [1.29, 1.82) is 0 Å². The van der Waals surface area contributed by atoms with Crippen LogP contribution in [0.3, 0.4) is 0 Å². The topological polar surface area (TPSA) is 140 Å². The van der Waals surface area contributed by atoms with E-state index < -0.39 is 36.0 Å². The van der Waals surface area contributed by atoms with Gasteiger partial charge < -0.3 is 25.8 Å². The summed E-state index contributed by atoms with van der Waals surface area (Å²) in [5, 5.41) is 9.76. The quantitative estimate of drug-likeness (QED) is 0.303. The number of Topliss-reactive ketones (excluding diaryl/α,β-unsaturated/α-hetero) is 1. The van der Waals surface area contributed by atoms with Gasteiger partial charge in [0.2, 0.25) is 23.6 Å². The number of para-hydroxylation sites is 1. The zero-order chi connectivity index (χ0) is 30.2. The molecule has 4 amide bonds. The first-order valence-corrected chi connectivity index (χ1v) is 15.5. The number of benzene rings is 1. The molecule has 42 heavy (non-hydrogen) atoms. The largest absolute Gasteiger partial charge is 0.361 e. The molecule has 1 aromatic carbocycles. The van der Waals surface area contributed by atoms with E-state index in [0.717, 1.165) is 29.3 Å². The molecule has 4 N–H and O–H groups in total. The molecule has 2 aromatic rings. The normalized spacial score (nSPS) is 24.3. The maximum atomic E-state index is 13.8. The molecule has 0 unspecified atom stereocenters. The zero-order valence-corrected chi connectivity index (χ0v) is 25.0. The van der Waals surface area contributed by atoms with Crippen LogP contribution in [0.2, 0.25) is 0 Å². The van der Waals surface area contributed by atoms with Crippen molar-refractivity contribution in [2.75, 3.05) is 6.54 Å². The van der Waals surface area contributed by atoms with Crippen molar-refractivity contribution in [3.63, 3.8) is 0 Å². The highest BCUT2D eigenvalue weighted by Crippen LogP contribution is 2.24. The maximum Gasteiger partial charge on any atom is 0.246 e. The number of amides is 4. The van der Waals surface area contributed by atoms with Gasteiger partial charge in [0.25, 0.3) is 0 Å². The van der Waals surface area contributed by atoms with Gasteiger partial charge in [-0.05, 0) is 43.2 Å². The van der Waals surface area contributed by atoms with E-state index in [1.165, 1.54) is 0 Å². The summed E-state index contributed by atoms with van der Waals surface area (Å²) in [5.74, 6) is -1.41. The third-order valence-electron chi connectivity index (χ3n) is 8.82. The number of ketones is 1. The van der Waals surface area contributed by atoms with Gasteiger partial charge in [-0.15, -0.1) is 0 Å². The van der Waals surface area contributed by atoms with Crippen LogP contribution in [0.15, 0.2) is 30.5 Å². The van der Waals surface area contributed by atoms with E-state index in [-0.39, 0.29) is 29.9 Å². The summed E-state index contributed by atoms with van der Waals surface area (Å²) >= 11 is 0. The second-order valence-corrected chi connectivity index (χ2v) is 11.7. The van der Waals surface area contributed by atoms with Crippen LogP contribution < -0.4 is 16.0 Å². The lowest BCUT2D eigenvalue weighted by molar-refractivity contribution is -0.144. The van der Waals surface area contributed by atoms with Gasteiger partial charge in [0.1, 0.15) is 30.0 Å². The standard InChI is InChI=1S/C32H45N5O5/c1-4-20(3)28-32(42)37-17-11-16-27(37)31(41)34-25(15-8-6-7-12-22(38)5-2)29(39)35-26(30(40)36-28)18-21-19-33-24-14-10-9-13-23(21)24/h9-10,13-14,19-20,25-28,33H,4-8,11-12,15-18H2,1-3H3,(H,34,41)(H,35,39)(H,36,40)/t20-,25-,26-,27+,28-/m0/s1. The Balaban J connectivity index is 1.61. The Morgan fingerprint density at radius 3 is 2.45 bits per heavy atom. The number of carbonyl (C=O) groups excluding carboxylic acids is 5. The number of unbranched alkanes of at least 4 members (excludes halogenated alkanes) is 2. The summed E-state index contributed by atoms with van der Waals surface area (Å²) in [4.78, 5) is 71.4. The van der Waals surface area contributed by atoms with Crippen LogP contribution in [0, 0.1) is 5.92 Å². The lowest BCUT2D eigenvalue weighted by atomic mass is 9.95. The summed E-state index contributed by atoms with van der Waals surface area (Å²) in [7, 11) is 0. The number of hydrogen-bond acceptors (Lipinski definition) is 5. The number of nitrogens with zero attached hydrogens (tertiary/aromatic N) is 1. The van der Waals surface area contributed by atoms with Crippen molar-refractivity contribution in [1.82, 2.24) is 25.8 Å². The summed E-state index contributed by atoms with van der Waals surface area (Å²) in [6, 6.07) is 4.45. The molecule has 3 heterocycles. The van der Waals surface area contributed by atoms with Crippen molar-refractivity contribution < 1.29 is 24.0 Å². The lowest BCUT2D eigenvalue weighted by Gasteiger charge is -2.34. The third kappa shape index (κ3) is 7.38. The molecule has 4 rings (SSSR count). The van der Waals surface area contributed by atoms with Gasteiger partial charge in [0.15, 0.2) is 0 Å². The number of H-pyrrole nitrogens is 1. The smallest absolute Gasteiger partial charge is 0.246 e. The van der Waals surface area contributed by atoms with E-state index in [0.29, 0.717) is 51.5 Å². The predicted molar refractivity (Wildman–Crippen MR) is 160 cm³/mol. The Morgan fingerprint density at radius 2 is 1.69 bits per heavy atom. The van der Waals surface area contributed by atoms with Gasteiger partial charge in [-0.3, -0.25) is 24.0 Å². The number of hydrogen-bond donors (Lipinski definition) is 4. The molecule has 10 heteroatoms. The highest BCUT2D eigenvalue weighted by molar-refractivity contribution is 5.98. The van der Waals surface area contributed by atoms with Crippen molar-refractivity contribution in [2.24, 2.45) is 5.92 Å². The number of aromatic nitrogens is 1. The fourth-order valence-electron chi connectivity index (χ4n) is 5.98. The average molecular weight is 580 g/mol. The molecule has 5 atom stereocenters. The Bertz CT molecular complexity index is 1290. The van der Waals surface area contributed by atoms with E-state index in [1.807, 2.05) is 51.2 Å². The summed E-state index contributed by atoms with van der Waals surface area (Å²) in [6.07, 6.45) is 7.39. The molecule has 0 aliphatic carbocycles. The van der Waals surface area contributed by atoms with E-state index in [2.05, 4.69) is 20.9 Å². The van der Waals surface area contributed by atoms with Gasteiger partial charge in [0, 0.05) is 42.9 Å². The van der Waals surface area contributed by atoms with Gasteiger partial charge in [-0.2, -0.15) is 0 Å². The van der Waals surface area contributed by atoms with Crippen LogP contribution in [-0.4, -0.2) is 70.0 Å². The molecule has 0 saturated carbocycles. The summed E-state index contributed by atoms with van der Waals surface area (Å²) in [5.41, 5.74) is 1.79. The molecule has 2 aliphatic rings. The van der Waals surface area contributed by atoms with E-state index >= 15 is 0 Å². The highest BCUT2D eigenvalue weighted by Gasteiger charge is 2.41. The van der Waals surface area contributed by atoms with Crippen molar-refractivity contribution in [2.45, 2.75) is 109 Å². The van der Waals surface area contributed by atoms with Crippen LogP contribution in [0.4, 0.5) is 0 Å². The van der Waals surface area contributed by atoms with E-state index in [4.69, 9.17) is 0 Å². The number of carbonyl (C=O) groups is 5. The molecule has 0 bridgehead atoms. The second-order valence-electron chi connectivity index (χ2n) is 11.7. The molecule has 1 aromatic heterocycles. The van der Waals surface area contributed by atoms with Crippen molar-refractivity contribution in [3.8, 4) is 0 Å². The van der Waals surface area contributed by atoms with Crippen LogP contribution in [0.25, 0.3) is 10.9 Å². The first kappa shape index (κ1) is 31.3. The van der Waals surface area contributed by atoms with Crippen LogP contribution in [-0.2, 0) is 30.4 Å². The molecular weight excluding hydrogens is 534 g/mol. The van der Waals surface area contributed by atoms with Crippen LogP contribution in [0.5, 0.6) is 0 Å². The van der Waals surface area contributed by atoms with E-state index in [1.54, 1.807) is 4.90 Å². The fraction of sp³-hybridized carbons (Fsp3) is 0.594. The first-order chi connectivity index (χ1) is 20.2. The molecule has 2 fully saturated rings. The third-order valence-corrected chi connectivity index (χ3v) is 8.82. The molecule has 10 nitrogen and oxygen atoms in total. The minimum atomic E-state index is -0.952. The monoisotopic (exact) mass is 579 g/mol. The second kappa shape index (κ2) is 14.5. The molecule has 0 spiro atoms. The van der Waals surface area contributed by atoms with Crippen molar-refractivity contribution in [3.05, 3.63) is 36.0 Å². The molecule has 0 radical (unpaired) electrons. The minimum Gasteiger partial charge on any atom is -0.361 e. The number of aromatic amines is 1. The Morgan fingerprint density at radius 1 is 0.952 bits per heavy atom. The molecule has 2 saturated heterocycles. The Kier molecular flexibility index (Phi) is 10.8. The maximum absolute atomic E-state index is 13.8. The number of fused-ring (bicyclic) bond motifs is 2. The molecule has 228 valence electrons. The molecular formula is C32H45N5O5. The van der Waals surface area contributed by atoms with E-state index in [9.17, 15) is 24.0 Å². The fourth-order valence-corrected chi connectivity index (χ4v) is 5.98. The van der Waals surface area contributed by atoms with Crippen LogP contribution >= 0.6 is 0 Å². The summed E-state index contributed by atoms with van der Waals surface area (Å²) < 4.78 is 0. The minimum absolute atomic E-state index is 0.162. The Hall–Kier alpha value is -3.69. The average Bonchev–Trinajstić information content (AvgIpc) is 3.65. The predicted octanol–water partition coefficient (Wildman–Crippen LogP) is 3.15. The summed E-state index contributed by atoms with van der Waals surface area (Å²) in [6.45, 7) is 6.15. The Labute approximate surface area is 247 Å². The van der Waals surface area contributed by atoms with Crippen molar-refractivity contribution >= 4 is 40.3 Å². The van der Waals surface area contributed by atoms with Gasteiger partial charge >= 0.3 is 0 Å². The van der Waals surface area contributed by atoms with Gasteiger partial charge in [0.05, 0.1) is 0 Å². The number of nitrogens with one attached hydrogen (secondary N) is 4.